The van der Waals surface area contributed by atoms with Crippen molar-refractivity contribution in [1.29, 1.82) is 0 Å². The van der Waals surface area contributed by atoms with Crippen molar-refractivity contribution < 1.29 is 13.5 Å². The lowest BCUT2D eigenvalue weighted by Gasteiger charge is -2.15. The summed E-state index contributed by atoms with van der Waals surface area (Å²) < 4.78 is 31.6. The number of ether oxygens (including phenoxy) is 1. The van der Waals surface area contributed by atoms with E-state index in [1.54, 1.807) is 0 Å². The number of hydrogen-bond donors (Lipinski definition) is 1. The highest BCUT2D eigenvalue weighted by Gasteiger charge is 2.18. The van der Waals surface area contributed by atoms with E-state index in [1.165, 1.54) is 12.1 Å². The van der Waals surface area contributed by atoms with Crippen molar-refractivity contribution in [3.8, 4) is 0 Å². The standard InChI is InChI=1S/C11H13F2NO/c12-8-1-2-9(10(13)7-8)11-3-4-14-5-6-15-11/h1-2,7,11,14H,3-6H2. The zero-order valence-electron chi connectivity index (χ0n) is 8.30. The van der Waals surface area contributed by atoms with Crippen LogP contribution in [0.4, 0.5) is 8.78 Å². The van der Waals surface area contributed by atoms with Crippen molar-refractivity contribution in [3.05, 3.63) is 35.4 Å². The first kappa shape index (κ1) is 10.5. The van der Waals surface area contributed by atoms with Gasteiger partial charge in [-0.05, 0) is 19.0 Å². The normalized spacial score (nSPS) is 22.4. The molecule has 1 aromatic carbocycles. The first-order chi connectivity index (χ1) is 7.27. The highest BCUT2D eigenvalue weighted by atomic mass is 19.1. The Morgan fingerprint density at radius 1 is 1.27 bits per heavy atom. The summed E-state index contributed by atoms with van der Waals surface area (Å²) in [5.41, 5.74) is 0.445. The van der Waals surface area contributed by atoms with Crippen LogP contribution in [0.15, 0.2) is 18.2 Å². The summed E-state index contributed by atoms with van der Waals surface area (Å²) in [7, 11) is 0. The van der Waals surface area contributed by atoms with E-state index in [-0.39, 0.29) is 6.10 Å². The van der Waals surface area contributed by atoms with E-state index >= 15 is 0 Å². The van der Waals surface area contributed by atoms with E-state index in [2.05, 4.69) is 5.32 Å². The fourth-order valence-corrected chi connectivity index (χ4v) is 1.72. The second-order valence-electron chi connectivity index (χ2n) is 3.56. The van der Waals surface area contributed by atoms with Crippen molar-refractivity contribution in [2.45, 2.75) is 12.5 Å². The lowest BCUT2D eigenvalue weighted by molar-refractivity contribution is 0.0617. The molecule has 1 heterocycles. The molecule has 1 saturated heterocycles. The van der Waals surface area contributed by atoms with Crippen molar-refractivity contribution >= 4 is 0 Å². The van der Waals surface area contributed by atoms with Gasteiger partial charge in [-0.25, -0.2) is 8.78 Å². The molecule has 15 heavy (non-hydrogen) atoms. The highest BCUT2D eigenvalue weighted by molar-refractivity contribution is 5.21. The predicted octanol–water partition coefficient (Wildman–Crippen LogP) is 2.02. The Labute approximate surface area is 87.2 Å². The fraction of sp³-hybridized carbons (Fsp3) is 0.455. The fourth-order valence-electron chi connectivity index (χ4n) is 1.72. The summed E-state index contributed by atoms with van der Waals surface area (Å²) in [6, 6.07) is 3.62. The number of rotatable bonds is 1. The summed E-state index contributed by atoms with van der Waals surface area (Å²) in [6.07, 6.45) is 0.448. The third kappa shape index (κ3) is 2.52. The van der Waals surface area contributed by atoms with Gasteiger partial charge >= 0.3 is 0 Å². The molecule has 1 atom stereocenters. The van der Waals surface area contributed by atoms with Gasteiger partial charge in [0.25, 0.3) is 0 Å². The third-order valence-corrected chi connectivity index (χ3v) is 2.49. The molecule has 1 N–H and O–H groups in total. The maximum Gasteiger partial charge on any atom is 0.131 e. The second-order valence-corrected chi connectivity index (χ2v) is 3.56. The van der Waals surface area contributed by atoms with Crippen LogP contribution in [0.2, 0.25) is 0 Å². The zero-order chi connectivity index (χ0) is 10.7. The van der Waals surface area contributed by atoms with Gasteiger partial charge in [0.05, 0.1) is 12.7 Å². The summed E-state index contributed by atoms with van der Waals surface area (Å²) in [4.78, 5) is 0. The molecule has 0 aliphatic carbocycles. The zero-order valence-corrected chi connectivity index (χ0v) is 8.30. The summed E-state index contributed by atoms with van der Waals surface area (Å²) in [5.74, 6) is -1.08. The number of benzene rings is 1. The predicted molar refractivity (Wildman–Crippen MR) is 52.5 cm³/mol. The van der Waals surface area contributed by atoms with Crippen LogP contribution in [0.3, 0.4) is 0 Å². The monoisotopic (exact) mass is 213 g/mol. The molecule has 1 aromatic rings. The van der Waals surface area contributed by atoms with Crippen LogP contribution in [-0.4, -0.2) is 19.7 Å². The van der Waals surface area contributed by atoms with Gasteiger partial charge in [0.1, 0.15) is 11.6 Å². The number of nitrogens with one attached hydrogen (secondary N) is 1. The number of halogens is 2. The Kier molecular flexibility index (Phi) is 3.28. The molecule has 0 radical (unpaired) electrons. The Hall–Kier alpha value is -1.00. The third-order valence-electron chi connectivity index (χ3n) is 2.49. The Balaban J connectivity index is 2.19. The van der Waals surface area contributed by atoms with E-state index in [1.807, 2.05) is 0 Å². The lowest BCUT2D eigenvalue weighted by Crippen LogP contribution is -2.16. The van der Waals surface area contributed by atoms with E-state index in [4.69, 9.17) is 4.74 Å². The molecule has 1 fully saturated rings. The van der Waals surface area contributed by atoms with Crippen molar-refractivity contribution in [2.24, 2.45) is 0 Å². The summed E-state index contributed by atoms with van der Waals surface area (Å²) in [6.45, 7) is 2.13. The van der Waals surface area contributed by atoms with Crippen LogP contribution in [0.5, 0.6) is 0 Å². The van der Waals surface area contributed by atoms with Crippen LogP contribution in [0.1, 0.15) is 18.1 Å². The average Bonchev–Trinajstić information content (AvgIpc) is 2.46. The topological polar surface area (TPSA) is 21.3 Å². The van der Waals surface area contributed by atoms with E-state index in [9.17, 15) is 8.78 Å². The SMILES string of the molecule is Fc1ccc(C2CCNCCO2)c(F)c1. The first-order valence-electron chi connectivity index (χ1n) is 5.04. The lowest BCUT2D eigenvalue weighted by atomic mass is 10.1. The molecule has 0 aromatic heterocycles. The maximum absolute atomic E-state index is 13.4. The summed E-state index contributed by atoms with van der Waals surface area (Å²) in [5, 5.41) is 3.16. The molecule has 1 aliphatic heterocycles. The summed E-state index contributed by atoms with van der Waals surface area (Å²) >= 11 is 0. The molecule has 4 heteroatoms. The minimum Gasteiger partial charge on any atom is -0.372 e. The van der Waals surface area contributed by atoms with Gasteiger partial charge in [-0.2, -0.15) is 0 Å². The molecular formula is C11H13F2NO. The van der Waals surface area contributed by atoms with Gasteiger partial charge in [-0.15, -0.1) is 0 Å². The molecule has 0 saturated carbocycles. The Morgan fingerprint density at radius 3 is 2.93 bits per heavy atom. The molecule has 0 amide bonds. The maximum atomic E-state index is 13.4. The molecule has 1 aliphatic rings. The molecule has 82 valence electrons. The van der Waals surface area contributed by atoms with Crippen molar-refractivity contribution in [2.75, 3.05) is 19.7 Å². The highest BCUT2D eigenvalue weighted by Crippen LogP contribution is 2.24. The van der Waals surface area contributed by atoms with Crippen molar-refractivity contribution in [3.63, 3.8) is 0 Å². The average molecular weight is 213 g/mol. The molecule has 2 nitrogen and oxygen atoms in total. The van der Waals surface area contributed by atoms with Gasteiger partial charge in [-0.1, -0.05) is 6.07 Å². The Morgan fingerprint density at radius 2 is 2.13 bits per heavy atom. The first-order valence-corrected chi connectivity index (χ1v) is 5.04. The largest absolute Gasteiger partial charge is 0.372 e. The molecule has 1 unspecified atom stereocenters. The van der Waals surface area contributed by atoms with Gasteiger partial charge in [0, 0.05) is 18.2 Å². The molecule has 2 rings (SSSR count). The molecule has 0 bridgehead atoms. The van der Waals surface area contributed by atoms with Gasteiger partial charge < -0.3 is 10.1 Å². The van der Waals surface area contributed by atoms with Crippen LogP contribution in [0.25, 0.3) is 0 Å². The van der Waals surface area contributed by atoms with Crippen LogP contribution < -0.4 is 5.32 Å². The second kappa shape index (κ2) is 4.68. The molecular weight excluding hydrogens is 200 g/mol. The Bertz CT molecular complexity index is 335. The van der Waals surface area contributed by atoms with Crippen molar-refractivity contribution in [1.82, 2.24) is 5.32 Å². The van der Waals surface area contributed by atoms with Crippen LogP contribution in [0, 0.1) is 11.6 Å². The van der Waals surface area contributed by atoms with Crippen LogP contribution >= 0.6 is 0 Å². The van der Waals surface area contributed by atoms with Gasteiger partial charge in [0.2, 0.25) is 0 Å². The quantitative estimate of drug-likeness (QED) is 0.770. The van der Waals surface area contributed by atoms with Gasteiger partial charge in [0.15, 0.2) is 0 Å². The van der Waals surface area contributed by atoms with E-state index < -0.39 is 11.6 Å². The minimum absolute atomic E-state index is 0.263. The van der Waals surface area contributed by atoms with Gasteiger partial charge in [-0.3, -0.25) is 0 Å². The number of hydrogen-bond acceptors (Lipinski definition) is 2. The van der Waals surface area contributed by atoms with E-state index in [0.29, 0.717) is 18.6 Å². The smallest absolute Gasteiger partial charge is 0.131 e. The minimum atomic E-state index is -0.553. The molecule has 0 spiro atoms. The van der Waals surface area contributed by atoms with Crippen LogP contribution in [-0.2, 0) is 4.74 Å². The van der Waals surface area contributed by atoms with E-state index in [0.717, 1.165) is 19.2 Å².